The van der Waals surface area contributed by atoms with Gasteiger partial charge in [-0.1, -0.05) is 18.2 Å². The van der Waals surface area contributed by atoms with E-state index in [4.69, 9.17) is 0 Å². The fraction of sp³-hybridized carbons (Fsp3) is 0.667. The fourth-order valence-electron chi connectivity index (χ4n) is 6.63. The molecule has 6 heteroatoms. The zero-order valence-corrected chi connectivity index (χ0v) is 16.5. The normalized spacial score (nSPS) is 38.2. The summed E-state index contributed by atoms with van der Waals surface area (Å²) in [4.78, 5) is 13.5. The van der Waals surface area contributed by atoms with Gasteiger partial charge in [0.1, 0.15) is 6.04 Å². The van der Waals surface area contributed by atoms with Gasteiger partial charge in [-0.25, -0.2) is 8.42 Å². The van der Waals surface area contributed by atoms with Gasteiger partial charge in [0.05, 0.1) is 4.90 Å². The Kier molecular flexibility index (Phi) is 4.13. The lowest BCUT2D eigenvalue weighted by Gasteiger charge is -2.57. The molecule has 5 fully saturated rings. The highest BCUT2D eigenvalue weighted by molar-refractivity contribution is 7.89. The topological polar surface area (TPSA) is 66.5 Å². The molecule has 0 aromatic heterocycles. The van der Waals surface area contributed by atoms with Gasteiger partial charge in [-0.05, 0) is 81.3 Å². The van der Waals surface area contributed by atoms with Crippen molar-refractivity contribution in [2.75, 3.05) is 6.54 Å². The molecule has 0 unspecified atom stereocenters. The number of nitrogens with zero attached hydrogens (tertiary/aromatic N) is 1. The molecule has 0 radical (unpaired) electrons. The molecule has 146 valence electrons. The van der Waals surface area contributed by atoms with E-state index >= 15 is 0 Å². The molecule has 1 atom stereocenters. The first kappa shape index (κ1) is 17.7. The van der Waals surface area contributed by atoms with Crippen LogP contribution >= 0.6 is 0 Å². The van der Waals surface area contributed by atoms with Gasteiger partial charge in [-0.15, -0.1) is 0 Å². The molecule has 1 aliphatic heterocycles. The lowest BCUT2D eigenvalue weighted by atomic mass is 9.53. The summed E-state index contributed by atoms with van der Waals surface area (Å²) in [5, 5.41) is 3.37. The third kappa shape index (κ3) is 3.01. The van der Waals surface area contributed by atoms with E-state index in [0.717, 1.165) is 43.4 Å². The molecule has 4 bridgehead atoms. The molecule has 4 saturated carbocycles. The monoisotopic (exact) mass is 388 g/mol. The van der Waals surface area contributed by atoms with Gasteiger partial charge in [0.25, 0.3) is 0 Å². The van der Waals surface area contributed by atoms with Crippen molar-refractivity contribution in [3.05, 3.63) is 30.3 Å². The predicted molar refractivity (Wildman–Crippen MR) is 102 cm³/mol. The first-order valence-electron chi connectivity index (χ1n) is 10.3. The molecule has 1 amide bonds. The summed E-state index contributed by atoms with van der Waals surface area (Å²) < 4.78 is 27.5. The largest absolute Gasteiger partial charge is 0.349 e. The number of amides is 1. The minimum absolute atomic E-state index is 0.0728. The maximum atomic E-state index is 13.2. The van der Waals surface area contributed by atoms with E-state index in [0.29, 0.717) is 13.0 Å². The summed E-state index contributed by atoms with van der Waals surface area (Å²) in [6.07, 6.45) is 8.59. The highest BCUT2D eigenvalue weighted by atomic mass is 32.2. The summed E-state index contributed by atoms with van der Waals surface area (Å²) in [6.45, 7) is 0.427. The second kappa shape index (κ2) is 6.31. The zero-order chi connectivity index (χ0) is 18.6. The summed E-state index contributed by atoms with van der Waals surface area (Å²) >= 11 is 0. The molecule has 6 rings (SSSR count). The molecule has 4 aliphatic carbocycles. The number of sulfonamides is 1. The van der Waals surface area contributed by atoms with E-state index in [1.165, 1.54) is 23.6 Å². The second-order valence-corrected chi connectivity index (χ2v) is 11.2. The van der Waals surface area contributed by atoms with Crippen LogP contribution in [0.5, 0.6) is 0 Å². The van der Waals surface area contributed by atoms with Crippen LogP contribution in [-0.4, -0.2) is 36.8 Å². The number of carbonyl (C=O) groups excluding carboxylic acids is 1. The van der Waals surface area contributed by atoms with Crippen molar-refractivity contribution in [1.82, 2.24) is 9.62 Å². The predicted octanol–water partition coefficient (Wildman–Crippen LogP) is 2.92. The van der Waals surface area contributed by atoms with Crippen LogP contribution in [0.25, 0.3) is 0 Å². The van der Waals surface area contributed by atoms with Gasteiger partial charge in [-0.3, -0.25) is 4.79 Å². The van der Waals surface area contributed by atoms with Crippen molar-refractivity contribution in [2.45, 2.75) is 67.8 Å². The van der Waals surface area contributed by atoms with Crippen molar-refractivity contribution in [3.63, 3.8) is 0 Å². The average molecular weight is 389 g/mol. The van der Waals surface area contributed by atoms with Gasteiger partial charge < -0.3 is 5.32 Å². The quantitative estimate of drug-likeness (QED) is 0.862. The summed E-state index contributed by atoms with van der Waals surface area (Å²) in [7, 11) is -3.63. The van der Waals surface area contributed by atoms with Crippen LogP contribution in [0.3, 0.4) is 0 Å². The fourth-order valence-corrected chi connectivity index (χ4v) is 8.30. The van der Waals surface area contributed by atoms with E-state index in [1.807, 2.05) is 0 Å². The number of nitrogens with one attached hydrogen (secondary N) is 1. The second-order valence-electron chi connectivity index (χ2n) is 9.27. The Balaban J connectivity index is 1.36. The van der Waals surface area contributed by atoms with E-state index in [2.05, 4.69) is 5.32 Å². The van der Waals surface area contributed by atoms with E-state index in [-0.39, 0.29) is 16.3 Å². The van der Waals surface area contributed by atoms with Gasteiger partial charge >= 0.3 is 0 Å². The molecule has 5 nitrogen and oxygen atoms in total. The van der Waals surface area contributed by atoms with Crippen molar-refractivity contribution in [1.29, 1.82) is 0 Å². The Hall–Kier alpha value is -1.40. The lowest BCUT2D eigenvalue weighted by molar-refractivity contribution is -0.130. The maximum absolute atomic E-state index is 13.2. The average Bonchev–Trinajstić information content (AvgIpc) is 3.12. The molecule has 1 aromatic rings. The number of hydrogen-bond acceptors (Lipinski definition) is 3. The van der Waals surface area contributed by atoms with Crippen LogP contribution in [0.1, 0.15) is 51.4 Å². The SMILES string of the molecule is O=C(NC12CC3CC(CC(C3)C1)C2)[C@H]1CCCN1S(=O)(=O)c1ccccc1. The van der Waals surface area contributed by atoms with Crippen LogP contribution in [-0.2, 0) is 14.8 Å². The molecule has 1 aromatic carbocycles. The third-order valence-corrected chi connectivity index (χ3v) is 9.21. The number of benzene rings is 1. The Morgan fingerprint density at radius 3 is 2.19 bits per heavy atom. The van der Waals surface area contributed by atoms with Crippen molar-refractivity contribution in [2.24, 2.45) is 17.8 Å². The third-order valence-electron chi connectivity index (χ3n) is 7.28. The van der Waals surface area contributed by atoms with Crippen LogP contribution < -0.4 is 5.32 Å². The minimum Gasteiger partial charge on any atom is -0.349 e. The van der Waals surface area contributed by atoms with Crippen LogP contribution in [0.15, 0.2) is 35.2 Å². The summed E-state index contributed by atoms with van der Waals surface area (Å²) in [5.74, 6) is 2.19. The van der Waals surface area contributed by atoms with Gasteiger partial charge in [0.15, 0.2) is 0 Å². The van der Waals surface area contributed by atoms with Gasteiger partial charge in [0, 0.05) is 12.1 Å². The Morgan fingerprint density at radius 1 is 1.00 bits per heavy atom. The molecule has 0 spiro atoms. The molecule has 1 heterocycles. The van der Waals surface area contributed by atoms with Crippen LogP contribution in [0, 0.1) is 17.8 Å². The van der Waals surface area contributed by atoms with Gasteiger partial charge in [0.2, 0.25) is 15.9 Å². The standard InChI is InChI=1S/C21H28N2O3S/c24-20(22-21-12-15-9-16(13-21)11-17(10-15)14-21)19-7-4-8-23(19)27(25,26)18-5-2-1-3-6-18/h1-3,5-6,15-17,19H,4,7-14H2,(H,22,24)/t15?,16?,17?,19-,21?/m1/s1. The van der Waals surface area contributed by atoms with Crippen molar-refractivity contribution >= 4 is 15.9 Å². The van der Waals surface area contributed by atoms with E-state index in [9.17, 15) is 13.2 Å². The molecular weight excluding hydrogens is 360 g/mol. The smallest absolute Gasteiger partial charge is 0.243 e. The molecule has 27 heavy (non-hydrogen) atoms. The van der Waals surface area contributed by atoms with E-state index in [1.54, 1.807) is 30.3 Å². The summed E-state index contributed by atoms with van der Waals surface area (Å²) in [5.41, 5.74) is -0.0728. The number of hydrogen-bond donors (Lipinski definition) is 1. The molecular formula is C21H28N2O3S. The molecule has 1 saturated heterocycles. The number of rotatable bonds is 4. The Bertz CT molecular complexity index is 801. The minimum atomic E-state index is -3.63. The van der Waals surface area contributed by atoms with Crippen LogP contribution in [0.4, 0.5) is 0 Å². The highest BCUT2D eigenvalue weighted by Crippen LogP contribution is 2.55. The van der Waals surface area contributed by atoms with Crippen molar-refractivity contribution < 1.29 is 13.2 Å². The molecule has 5 aliphatic rings. The van der Waals surface area contributed by atoms with E-state index < -0.39 is 16.1 Å². The first-order chi connectivity index (χ1) is 13.0. The Labute approximate surface area is 161 Å². The maximum Gasteiger partial charge on any atom is 0.243 e. The lowest BCUT2D eigenvalue weighted by Crippen LogP contribution is -2.62. The first-order valence-corrected chi connectivity index (χ1v) is 11.8. The number of carbonyl (C=O) groups is 1. The zero-order valence-electron chi connectivity index (χ0n) is 15.6. The highest BCUT2D eigenvalue weighted by Gasteiger charge is 2.52. The summed E-state index contributed by atoms with van der Waals surface area (Å²) in [6, 6.07) is 7.92. The van der Waals surface area contributed by atoms with Crippen LogP contribution in [0.2, 0.25) is 0 Å². The Morgan fingerprint density at radius 2 is 1.59 bits per heavy atom. The molecule has 1 N–H and O–H groups in total. The van der Waals surface area contributed by atoms with Crippen molar-refractivity contribution in [3.8, 4) is 0 Å². The van der Waals surface area contributed by atoms with Gasteiger partial charge in [-0.2, -0.15) is 4.31 Å².